The summed E-state index contributed by atoms with van der Waals surface area (Å²) in [4.78, 5) is 19.7. The molecule has 168 valence electrons. The minimum atomic E-state index is -0.219. The summed E-state index contributed by atoms with van der Waals surface area (Å²) in [5, 5.41) is 10.7. The number of nitrogens with zero attached hydrogens (tertiary/aromatic N) is 4. The third-order valence-electron chi connectivity index (χ3n) is 5.40. The van der Waals surface area contributed by atoms with Crippen LogP contribution in [-0.2, 0) is 13.6 Å². The molecule has 7 heteroatoms. The molecule has 32 heavy (non-hydrogen) atoms. The fourth-order valence-electron chi connectivity index (χ4n) is 3.60. The highest BCUT2D eigenvalue weighted by Gasteiger charge is 2.13. The van der Waals surface area contributed by atoms with Gasteiger partial charge in [0.1, 0.15) is 0 Å². The van der Waals surface area contributed by atoms with E-state index in [0.717, 1.165) is 39.5 Å². The standard InChI is InChI=1S/C25H32N6O/c1-16-11-17(2)13-21(12-16)27-25(26-15-23-18(3)29-31(7)19(23)4)28-24(32)20-9-8-10-22(14-20)30(5)6/h8-14H,15H2,1-7H3,(H2,26,27,28,32). The summed E-state index contributed by atoms with van der Waals surface area (Å²) in [5.74, 6) is 0.182. The number of hydrogen-bond acceptors (Lipinski definition) is 4. The molecule has 3 rings (SSSR count). The predicted molar refractivity (Wildman–Crippen MR) is 132 cm³/mol. The molecule has 0 saturated carbocycles. The van der Waals surface area contributed by atoms with Gasteiger partial charge in [-0.3, -0.25) is 14.8 Å². The maximum Gasteiger partial charge on any atom is 0.258 e. The first kappa shape index (κ1) is 23.1. The number of benzene rings is 2. The molecule has 1 aromatic heterocycles. The Balaban J connectivity index is 1.90. The summed E-state index contributed by atoms with van der Waals surface area (Å²) in [7, 11) is 5.82. The molecule has 0 unspecified atom stereocenters. The predicted octanol–water partition coefficient (Wildman–Crippen LogP) is 4.12. The Bertz CT molecular complexity index is 1140. The van der Waals surface area contributed by atoms with E-state index < -0.39 is 0 Å². The molecule has 0 aliphatic rings. The van der Waals surface area contributed by atoms with Crippen LogP contribution in [0.4, 0.5) is 11.4 Å². The van der Waals surface area contributed by atoms with Crippen LogP contribution < -0.4 is 15.5 Å². The SMILES string of the molecule is Cc1cc(C)cc(NC(=NCc2c(C)nn(C)c2C)NC(=O)c2cccc(N(C)C)c2)c1. The highest BCUT2D eigenvalue weighted by atomic mass is 16.1. The van der Waals surface area contributed by atoms with Crippen LogP contribution in [0.3, 0.4) is 0 Å². The number of carbonyl (C=O) groups is 1. The molecule has 0 spiro atoms. The number of hydrogen-bond donors (Lipinski definition) is 2. The van der Waals surface area contributed by atoms with Crippen LogP contribution in [-0.4, -0.2) is 35.7 Å². The van der Waals surface area contributed by atoms with Crippen LogP contribution in [0.25, 0.3) is 0 Å². The van der Waals surface area contributed by atoms with Crippen LogP contribution in [0.2, 0.25) is 0 Å². The molecule has 1 amide bonds. The van der Waals surface area contributed by atoms with Crippen LogP contribution in [0.1, 0.15) is 38.4 Å². The Hall–Kier alpha value is -3.61. The highest BCUT2D eigenvalue weighted by Crippen LogP contribution is 2.17. The summed E-state index contributed by atoms with van der Waals surface area (Å²) >= 11 is 0. The van der Waals surface area contributed by atoms with Crippen molar-refractivity contribution in [3.63, 3.8) is 0 Å². The second-order valence-corrected chi connectivity index (χ2v) is 8.34. The Labute approximate surface area is 190 Å². The largest absolute Gasteiger partial charge is 0.378 e. The number of rotatable bonds is 5. The monoisotopic (exact) mass is 432 g/mol. The Morgan fingerprint density at radius 1 is 1.06 bits per heavy atom. The molecule has 3 aromatic rings. The number of guanidine groups is 1. The van der Waals surface area contributed by atoms with Gasteiger partial charge in [-0.2, -0.15) is 5.10 Å². The van der Waals surface area contributed by atoms with Gasteiger partial charge in [-0.15, -0.1) is 0 Å². The number of aromatic nitrogens is 2. The lowest BCUT2D eigenvalue weighted by atomic mass is 10.1. The molecule has 7 nitrogen and oxygen atoms in total. The average Bonchev–Trinajstić information content (AvgIpc) is 2.96. The van der Waals surface area contributed by atoms with Gasteiger partial charge in [0, 0.05) is 49.3 Å². The van der Waals surface area contributed by atoms with E-state index in [-0.39, 0.29) is 5.91 Å². The summed E-state index contributed by atoms with van der Waals surface area (Å²) in [6.45, 7) is 8.50. The van der Waals surface area contributed by atoms with Crippen LogP contribution >= 0.6 is 0 Å². The molecule has 2 aromatic carbocycles. The maximum absolute atomic E-state index is 13.0. The molecule has 0 atom stereocenters. The van der Waals surface area contributed by atoms with Crippen LogP contribution in [0.5, 0.6) is 0 Å². The van der Waals surface area contributed by atoms with Crippen molar-refractivity contribution in [1.29, 1.82) is 0 Å². The number of amides is 1. The van der Waals surface area contributed by atoms with Crippen LogP contribution in [0, 0.1) is 27.7 Å². The van der Waals surface area contributed by atoms with Crippen molar-refractivity contribution in [2.45, 2.75) is 34.2 Å². The molecule has 0 aliphatic carbocycles. The summed E-state index contributed by atoms with van der Waals surface area (Å²) < 4.78 is 1.85. The van der Waals surface area contributed by atoms with E-state index in [4.69, 9.17) is 4.99 Å². The van der Waals surface area contributed by atoms with Gasteiger partial charge < -0.3 is 10.2 Å². The van der Waals surface area contributed by atoms with Crippen molar-refractivity contribution >= 4 is 23.2 Å². The van der Waals surface area contributed by atoms with Crippen molar-refractivity contribution in [2.24, 2.45) is 12.0 Å². The number of carbonyl (C=O) groups excluding carboxylic acids is 1. The van der Waals surface area contributed by atoms with E-state index in [2.05, 4.69) is 21.8 Å². The average molecular weight is 433 g/mol. The van der Waals surface area contributed by atoms with Gasteiger partial charge in [0.2, 0.25) is 5.96 Å². The first-order chi connectivity index (χ1) is 15.1. The lowest BCUT2D eigenvalue weighted by Gasteiger charge is -2.15. The van der Waals surface area contributed by atoms with E-state index in [1.54, 1.807) is 6.07 Å². The van der Waals surface area contributed by atoms with E-state index in [1.165, 1.54) is 0 Å². The van der Waals surface area contributed by atoms with Crippen molar-refractivity contribution in [3.05, 3.63) is 76.1 Å². The normalized spacial score (nSPS) is 11.4. The van der Waals surface area contributed by atoms with E-state index >= 15 is 0 Å². The Morgan fingerprint density at radius 3 is 2.34 bits per heavy atom. The van der Waals surface area contributed by atoms with Gasteiger partial charge in [-0.1, -0.05) is 12.1 Å². The molecule has 0 bridgehead atoms. The van der Waals surface area contributed by atoms with Gasteiger partial charge in [0.25, 0.3) is 5.91 Å². The van der Waals surface area contributed by atoms with Crippen molar-refractivity contribution < 1.29 is 4.79 Å². The van der Waals surface area contributed by atoms with Gasteiger partial charge in [0.15, 0.2) is 0 Å². The first-order valence-electron chi connectivity index (χ1n) is 10.6. The van der Waals surface area contributed by atoms with Crippen molar-refractivity contribution in [3.8, 4) is 0 Å². The van der Waals surface area contributed by atoms with Gasteiger partial charge in [-0.25, -0.2) is 4.99 Å². The topological polar surface area (TPSA) is 74.5 Å². The molecule has 0 aliphatic heterocycles. The zero-order valence-electron chi connectivity index (χ0n) is 19.9. The quantitative estimate of drug-likeness (QED) is 0.470. The fraction of sp³-hybridized carbons (Fsp3) is 0.320. The van der Waals surface area contributed by atoms with E-state index in [1.807, 2.05) is 88.8 Å². The molecular formula is C25H32N6O. The van der Waals surface area contributed by atoms with Gasteiger partial charge in [0.05, 0.1) is 12.2 Å². The second kappa shape index (κ2) is 9.68. The molecule has 0 saturated heterocycles. The summed E-state index contributed by atoms with van der Waals surface area (Å²) in [6.07, 6.45) is 0. The second-order valence-electron chi connectivity index (χ2n) is 8.34. The van der Waals surface area contributed by atoms with Gasteiger partial charge >= 0.3 is 0 Å². The minimum absolute atomic E-state index is 0.219. The smallest absolute Gasteiger partial charge is 0.258 e. The van der Waals surface area contributed by atoms with E-state index in [9.17, 15) is 4.79 Å². The molecule has 2 N–H and O–H groups in total. The molecule has 0 radical (unpaired) electrons. The molecule has 0 fully saturated rings. The summed E-state index contributed by atoms with van der Waals surface area (Å²) in [6, 6.07) is 13.7. The third-order valence-corrected chi connectivity index (χ3v) is 5.40. The van der Waals surface area contributed by atoms with E-state index in [0.29, 0.717) is 18.1 Å². The highest BCUT2D eigenvalue weighted by molar-refractivity contribution is 6.10. The van der Waals surface area contributed by atoms with Crippen molar-refractivity contribution in [1.82, 2.24) is 15.1 Å². The first-order valence-corrected chi connectivity index (χ1v) is 10.6. The fourth-order valence-corrected chi connectivity index (χ4v) is 3.60. The van der Waals surface area contributed by atoms with Crippen molar-refractivity contribution in [2.75, 3.05) is 24.3 Å². The Morgan fingerprint density at radius 2 is 1.75 bits per heavy atom. The number of aryl methyl sites for hydroxylation is 4. The number of anilines is 2. The Kier molecular flexibility index (Phi) is 6.98. The zero-order chi connectivity index (χ0) is 23.4. The minimum Gasteiger partial charge on any atom is -0.378 e. The number of aliphatic imine (C=N–C) groups is 1. The van der Waals surface area contributed by atoms with Gasteiger partial charge in [-0.05, 0) is 69.2 Å². The lowest BCUT2D eigenvalue weighted by Crippen LogP contribution is -2.36. The zero-order valence-corrected chi connectivity index (χ0v) is 19.9. The molecule has 1 heterocycles. The maximum atomic E-state index is 13.0. The third kappa shape index (κ3) is 5.55. The lowest BCUT2D eigenvalue weighted by molar-refractivity contribution is 0.0977. The van der Waals surface area contributed by atoms with Crippen LogP contribution in [0.15, 0.2) is 47.5 Å². The molecular weight excluding hydrogens is 400 g/mol. The summed E-state index contributed by atoms with van der Waals surface area (Å²) in [5.41, 5.74) is 7.72. The number of nitrogens with one attached hydrogen (secondary N) is 2.